The average molecular weight is 364 g/mol. The Hall–Kier alpha value is -2.08. The van der Waals surface area contributed by atoms with E-state index in [2.05, 4.69) is 19.3 Å². The fraction of sp³-hybridized carbons (Fsp3) is 0.600. The second-order valence-corrected chi connectivity index (χ2v) is 6.53. The lowest BCUT2D eigenvalue weighted by Gasteiger charge is -2.30. The molecule has 0 saturated carbocycles. The SMILES string of the molecule is CCCCCC(O)(CCCCC)C(=O)NN(C(=O)OC)c1ccccc1. The molecule has 0 heterocycles. The maximum Gasteiger partial charge on any atom is 0.433 e. The molecular formula is C20H32N2O4. The van der Waals surface area contributed by atoms with Crippen molar-refractivity contribution in [1.82, 2.24) is 5.43 Å². The lowest BCUT2D eigenvalue weighted by atomic mass is 9.89. The molecule has 0 aromatic heterocycles. The summed E-state index contributed by atoms with van der Waals surface area (Å²) in [6.07, 6.45) is 5.46. The highest BCUT2D eigenvalue weighted by Gasteiger charge is 2.36. The predicted octanol–water partition coefficient (Wildman–Crippen LogP) is 4.18. The van der Waals surface area contributed by atoms with E-state index in [-0.39, 0.29) is 0 Å². The third kappa shape index (κ3) is 6.67. The second-order valence-electron chi connectivity index (χ2n) is 6.53. The average Bonchev–Trinajstić information content (AvgIpc) is 2.66. The quantitative estimate of drug-likeness (QED) is 0.482. The lowest BCUT2D eigenvalue weighted by Crippen LogP contribution is -2.55. The first-order valence-corrected chi connectivity index (χ1v) is 9.45. The molecule has 0 saturated heterocycles. The van der Waals surface area contributed by atoms with Gasteiger partial charge in [-0.15, -0.1) is 0 Å². The second kappa shape index (κ2) is 11.5. The summed E-state index contributed by atoms with van der Waals surface area (Å²) in [7, 11) is 1.25. The molecule has 26 heavy (non-hydrogen) atoms. The van der Waals surface area contributed by atoms with Gasteiger partial charge >= 0.3 is 6.09 Å². The van der Waals surface area contributed by atoms with Crippen LogP contribution in [0.2, 0.25) is 0 Å². The number of nitrogens with zero attached hydrogens (tertiary/aromatic N) is 1. The number of carbonyl (C=O) groups is 2. The molecule has 0 atom stereocenters. The Bertz CT molecular complexity index is 538. The van der Waals surface area contributed by atoms with Gasteiger partial charge < -0.3 is 9.84 Å². The number of amides is 2. The zero-order valence-electron chi connectivity index (χ0n) is 16.2. The van der Waals surface area contributed by atoms with Crippen LogP contribution in [0.4, 0.5) is 10.5 Å². The molecule has 0 aliphatic rings. The van der Waals surface area contributed by atoms with Crippen LogP contribution in [0.5, 0.6) is 0 Å². The van der Waals surface area contributed by atoms with Crippen LogP contribution in [0.3, 0.4) is 0 Å². The Balaban J connectivity index is 2.93. The number of unbranched alkanes of at least 4 members (excludes halogenated alkanes) is 4. The largest absolute Gasteiger partial charge is 0.451 e. The highest BCUT2D eigenvalue weighted by atomic mass is 16.5. The van der Waals surface area contributed by atoms with E-state index in [4.69, 9.17) is 4.74 Å². The zero-order valence-corrected chi connectivity index (χ0v) is 16.2. The van der Waals surface area contributed by atoms with Crippen LogP contribution < -0.4 is 10.4 Å². The maximum absolute atomic E-state index is 12.8. The number of ether oxygens (including phenoxy) is 1. The van der Waals surface area contributed by atoms with Gasteiger partial charge in [0.25, 0.3) is 5.91 Å². The third-order valence-electron chi connectivity index (χ3n) is 4.40. The maximum atomic E-state index is 12.8. The van der Waals surface area contributed by atoms with Crippen LogP contribution in [0.25, 0.3) is 0 Å². The fourth-order valence-electron chi connectivity index (χ4n) is 2.78. The van der Waals surface area contributed by atoms with E-state index < -0.39 is 17.6 Å². The standard InChI is InChI=1S/C20H32N2O4/c1-4-6-11-15-20(25,16-12-7-5-2)18(23)21-22(19(24)26-3)17-13-9-8-10-14-17/h8-10,13-14,25H,4-7,11-12,15-16H2,1-3H3,(H,21,23). The highest BCUT2D eigenvalue weighted by Crippen LogP contribution is 2.24. The predicted molar refractivity (Wildman–Crippen MR) is 103 cm³/mol. The molecule has 0 bridgehead atoms. The number of nitrogens with one attached hydrogen (secondary N) is 1. The van der Waals surface area contributed by atoms with Crippen molar-refractivity contribution in [2.24, 2.45) is 0 Å². The van der Waals surface area contributed by atoms with Crippen LogP contribution in [0, 0.1) is 0 Å². The van der Waals surface area contributed by atoms with Crippen molar-refractivity contribution in [2.75, 3.05) is 12.1 Å². The summed E-state index contributed by atoms with van der Waals surface area (Å²) < 4.78 is 4.77. The minimum absolute atomic E-state index is 0.375. The van der Waals surface area contributed by atoms with E-state index in [0.29, 0.717) is 18.5 Å². The van der Waals surface area contributed by atoms with E-state index in [0.717, 1.165) is 43.5 Å². The van der Waals surface area contributed by atoms with E-state index in [1.807, 2.05) is 6.07 Å². The van der Waals surface area contributed by atoms with Gasteiger partial charge in [0, 0.05) is 0 Å². The summed E-state index contributed by atoms with van der Waals surface area (Å²) in [4.78, 5) is 24.9. The van der Waals surface area contributed by atoms with Crippen LogP contribution >= 0.6 is 0 Å². The van der Waals surface area contributed by atoms with Crippen molar-refractivity contribution in [3.05, 3.63) is 30.3 Å². The molecule has 6 nitrogen and oxygen atoms in total. The minimum Gasteiger partial charge on any atom is -0.451 e. The smallest absolute Gasteiger partial charge is 0.433 e. The third-order valence-corrected chi connectivity index (χ3v) is 4.40. The van der Waals surface area contributed by atoms with Gasteiger partial charge in [-0.05, 0) is 25.0 Å². The van der Waals surface area contributed by atoms with E-state index in [1.165, 1.54) is 7.11 Å². The van der Waals surface area contributed by atoms with Crippen LogP contribution in [-0.2, 0) is 9.53 Å². The van der Waals surface area contributed by atoms with Gasteiger partial charge in [0.05, 0.1) is 12.8 Å². The first kappa shape index (κ1) is 22.0. The van der Waals surface area contributed by atoms with Gasteiger partial charge in [-0.1, -0.05) is 70.6 Å². The number of carbonyl (C=O) groups excluding carboxylic acids is 2. The van der Waals surface area contributed by atoms with Crippen molar-refractivity contribution >= 4 is 17.7 Å². The summed E-state index contributed by atoms with van der Waals surface area (Å²) >= 11 is 0. The van der Waals surface area contributed by atoms with Gasteiger partial charge in [-0.3, -0.25) is 10.2 Å². The monoisotopic (exact) mass is 364 g/mol. The molecule has 0 fully saturated rings. The summed E-state index contributed by atoms with van der Waals surface area (Å²) in [6, 6.07) is 8.69. The van der Waals surface area contributed by atoms with Gasteiger partial charge in [0.2, 0.25) is 0 Å². The Labute approximate surface area is 156 Å². The highest BCUT2D eigenvalue weighted by molar-refractivity contribution is 5.94. The number of hydrogen-bond donors (Lipinski definition) is 2. The van der Waals surface area contributed by atoms with E-state index >= 15 is 0 Å². The molecule has 2 N–H and O–H groups in total. The zero-order chi connectivity index (χ0) is 19.4. The summed E-state index contributed by atoms with van der Waals surface area (Å²) in [5, 5.41) is 12.0. The van der Waals surface area contributed by atoms with Crippen LogP contribution in [0.15, 0.2) is 30.3 Å². The van der Waals surface area contributed by atoms with Crippen molar-refractivity contribution in [3.8, 4) is 0 Å². The molecule has 0 aliphatic heterocycles. The molecule has 1 rings (SSSR count). The van der Waals surface area contributed by atoms with Crippen molar-refractivity contribution in [3.63, 3.8) is 0 Å². The molecule has 1 aromatic rings. The minimum atomic E-state index is -1.49. The van der Waals surface area contributed by atoms with Gasteiger partial charge in [0.1, 0.15) is 5.60 Å². The Morgan fingerprint density at radius 1 is 1.04 bits per heavy atom. The number of para-hydroxylation sites is 1. The Morgan fingerprint density at radius 2 is 1.58 bits per heavy atom. The fourth-order valence-corrected chi connectivity index (χ4v) is 2.78. The molecule has 1 aromatic carbocycles. The van der Waals surface area contributed by atoms with Crippen LogP contribution in [-0.4, -0.2) is 29.8 Å². The molecule has 2 amide bonds. The molecule has 0 radical (unpaired) electrons. The van der Waals surface area contributed by atoms with Crippen LogP contribution in [0.1, 0.15) is 65.2 Å². The molecule has 6 heteroatoms. The number of hydrazine groups is 1. The number of hydrogen-bond acceptors (Lipinski definition) is 4. The number of methoxy groups -OCH3 is 1. The van der Waals surface area contributed by atoms with E-state index in [9.17, 15) is 14.7 Å². The number of anilines is 1. The van der Waals surface area contributed by atoms with E-state index in [1.54, 1.807) is 24.3 Å². The summed E-state index contributed by atoms with van der Waals surface area (Å²) in [6.45, 7) is 4.15. The van der Waals surface area contributed by atoms with Gasteiger partial charge in [0.15, 0.2) is 0 Å². The van der Waals surface area contributed by atoms with Crippen molar-refractivity contribution in [2.45, 2.75) is 70.8 Å². The molecular weight excluding hydrogens is 332 g/mol. The van der Waals surface area contributed by atoms with Gasteiger partial charge in [-0.2, -0.15) is 5.01 Å². The lowest BCUT2D eigenvalue weighted by molar-refractivity contribution is -0.141. The first-order valence-electron chi connectivity index (χ1n) is 9.45. The Morgan fingerprint density at radius 3 is 2.04 bits per heavy atom. The topological polar surface area (TPSA) is 78.9 Å². The normalized spacial score (nSPS) is 11.1. The summed E-state index contributed by atoms with van der Waals surface area (Å²) in [5.74, 6) is -0.570. The molecule has 0 spiro atoms. The molecule has 0 aliphatic carbocycles. The Kier molecular flexibility index (Phi) is 9.73. The number of benzene rings is 1. The van der Waals surface area contributed by atoms with Crippen molar-refractivity contribution in [1.29, 1.82) is 0 Å². The first-order chi connectivity index (χ1) is 12.5. The number of rotatable bonds is 10. The molecule has 0 unspecified atom stereocenters. The summed E-state index contributed by atoms with van der Waals surface area (Å²) in [5.41, 5.74) is 1.52. The number of aliphatic hydroxyl groups is 1. The molecule has 146 valence electrons. The van der Waals surface area contributed by atoms with Gasteiger partial charge in [-0.25, -0.2) is 4.79 Å². The van der Waals surface area contributed by atoms with Crippen molar-refractivity contribution < 1.29 is 19.4 Å².